The molecule has 0 heterocycles. The summed E-state index contributed by atoms with van der Waals surface area (Å²) in [6.45, 7) is 2.64. The van der Waals surface area contributed by atoms with Gasteiger partial charge in [-0.05, 0) is 36.7 Å². The van der Waals surface area contributed by atoms with E-state index in [0.29, 0.717) is 24.7 Å². The summed E-state index contributed by atoms with van der Waals surface area (Å²) >= 11 is 0. The second-order valence-electron chi connectivity index (χ2n) is 5.39. The fourth-order valence-corrected chi connectivity index (χ4v) is 2.33. The molecule has 25 heavy (non-hydrogen) atoms. The average molecular weight is 370 g/mol. The molecule has 0 amide bonds. The Morgan fingerprint density at radius 2 is 1.80 bits per heavy atom. The van der Waals surface area contributed by atoms with Crippen LogP contribution in [-0.2, 0) is 17.9 Å². The smallest absolute Gasteiger partial charge is 0.166 e. The van der Waals surface area contributed by atoms with Crippen LogP contribution in [0.3, 0.4) is 0 Å². The molecule has 0 saturated carbocycles. The highest BCUT2D eigenvalue weighted by Crippen LogP contribution is 2.31. The van der Waals surface area contributed by atoms with Gasteiger partial charge in [0.2, 0.25) is 0 Å². The van der Waals surface area contributed by atoms with E-state index < -0.39 is 0 Å². The Balaban J connectivity index is 0.00000312. The van der Waals surface area contributed by atoms with Gasteiger partial charge in [0.1, 0.15) is 12.4 Å². The molecular formula is C19H25ClFNO3. The van der Waals surface area contributed by atoms with Crippen LogP contribution in [0.2, 0.25) is 0 Å². The minimum atomic E-state index is -0.253. The lowest BCUT2D eigenvalue weighted by Gasteiger charge is -2.15. The summed E-state index contributed by atoms with van der Waals surface area (Å²) in [6.07, 6.45) is 0.951. The van der Waals surface area contributed by atoms with Crippen LogP contribution in [-0.4, -0.2) is 27.4 Å². The van der Waals surface area contributed by atoms with Gasteiger partial charge in [0.15, 0.2) is 11.5 Å². The maximum atomic E-state index is 13.0. The second kappa shape index (κ2) is 11.7. The zero-order valence-corrected chi connectivity index (χ0v) is 15.4. The van der Waals surface area contributed by atoms with Gasteiger partial charge < -0.3 is 19.5 Å². The van der Waals surface area contributed by atoms with Crippen molar-refractivity contribution in [2.24, 2.45) is 0 Å². The number of methoxy groups -OCH3 is 2. The van der Waals surface area contributed by atoms with E-state index >= 15 is 0 Å². The normalized spacial score (nSPS) is 10.2. The molecule has 0 radical (unpaired) electrons. The van der Waals surface area contributed by atoms with Crippen molar-refractivity contribution in [2.45, 2.75) is 19.6 Å². The van der Waals surface area contributed by atoms with Crippen LogP contribution in [0.1, 0.15) is 17.5 Å². The monoisotopic (exact) mass is 369 g/mol. The summed E-state index contributed by atoms with van der Waals surface area (Å²) < 4.78 is 29.4. The lowest BCUT2D eigenvalue weighted by atomic mass is 10.1. The molecule has 2 aromatic rings. The quantitative estimate of drug-likeness (QED) is 0.643. The van der Waals surface area contributed by atoms with E-state index in [1.54, 1.807) is 26.4 Å². The van der Waals surface area contributed by atoms with Gasteiger partial charge in [-0.1, -0.05) is 24.3 Å². The topological polar surface area (TPSA) is 39.7 Å². The van der Waals surface area contributed by atoms with Crippen molar-refractivity contribution in [1.82, 2.24) is 5.32 Å². The van der Waals surface area contributed by atoms with Crippen molar-refractivity contribution in [3.63, 3.8) is 0 Å². The summed E-state index contributed by atoms with van der Waals surface area (Å²) in [5, 5.41) is 3.37. The number of rotatable bonds is 10. The van der Waals surface area contributed by atoms with E-state index in [2.05, 4.69) is 5.32 Å². The number of para-hydroxylation sites is 1. The highest BCUT2D eigenvalue weighted by molar-refractivity contribution is 5.85. The lowest BCUT2D eigenvalue weighted by Crippen LogP contribution is -2.17. The first-order chi connectivity index (χ1) is 11.7. The van der Waals surface area contributed by atoms with Gasteiger partial charge in [0.05, 0.1) is 7.11 Å². The van der Waals surface area contributed by atoms with E-state index in [9.17, 15) is 4.39 Å². The van der Waals surface area contributed by atoms with Crippen LogP contribution >= 0.6 is 12.4 Å². The molecule has 0 aliphatic rings. The summed E-state index contributed by atoms with van der Waals surface area (Å²) in [6, 6.07) is 12.1. The molecule has 2 aromatic carbocycles. The van der Waals surface area contributed by atoms with Crippen LogP contribution in [0.4, 0.5) is 4.39 Å². The third-order valence-corrected chi connectivity index (χ3v) is 3.59. The molecule has 2 rings (SSSR count). The minimum absolute atomic E-state index is 0. The number of nitrogens with one attached hydrogen (secondary N) is 1. The van der Waals surface area contributed by atoms with Crippen LogP contribution in [0, 0.1) is 5.82 Å². The average Bonchev–Trinajstić information content (AvgIpc) is 2.61. The number of halogens is 2. The molecule has 0 fully saturated rings. The standard InChI is InChI=1S/C19H24FNO3.ClH/c1-22-12-4-11-21-13-16-5-3-6-18(23-2)19(16)24-14-15-7-9-17(20)10-8-15;/h3,5-10,21H,4,11-14H2,1-2H3;1H. The maximum absolute atomic E-state index is 13.0. The van der Waals surface area contributed by atoms with E-state index in [-0.39, 0.29) is 18.2 Å². The Labute approximate surface area is 154 Å². The van der Waals surface area contributed by atoms with Crippen molar-refractivity contribution in [1.29, 1.82) is 0 Å². The first-order valence-electron chi connectivity index (χ1n) is 7.97. The van der Waals surface area contributed by atoms with Crippen molar-refractivity contribution in [3.8, 4) is 11.5 Å². The number of hydrogen-bond acceptors (Lipinski definition) is 4. The third kappa shape index (κ3) is 6.90. The molecule has 0 aliphatic carbocycles. The molecule has 0 unspecified atom stereocenters. The molecule has 0 spiro atoms. The van der Waals surface area contributed by atoms with Crippen LogP contribution in [0.15, 0.2) is 42.5 Å². The van der Waals surface area contributed by atoms with Crippen molar-refractivity contribution < 1.29 is 18.6 Å². The Kier molecular flexibility index (Phi) is 9.92. The van der Waals surface area contributed by atoms with Crippen LogP contribution in [0.25, 0.3) is 0 Å². The lowest BCUT2D eigenvalue weighted by molar-refractivity contribution is 0.194. The van der Waals surface area contributed by atoms with E-state index in [0.717, 1.165) is 30.7 Å². The zero-order valence-electron chi connectivity index (χ0n) is 14.6. The van der Waals surface area contributed by atoms with Gasteiger partial charge in [0.25, 0.3) is 0 Å². The molecule has 0 aliphatic heterocycles. The Morgan fingerprint density at radius 1 is 1.04 bits per heavy atom. The SMILES string of the molecule is COCCCNCc1cccc(OC)c1OCc1ccc(F)cc1.Cl. The first-order valence-corrected chi connectivity index (χ1v) is 7.97. The number of benzene rings is 2. The molecule has 138 valence electrons. The van der Waals surface area contributed by atoms with Crippen molar-refractivity contribution in [2.75, 3.05) is 27.4 Å². The molecular weight excluding hydrogens is 345 g/mol. The van der Waals surface area contributed by atoms with Gasteiger partial charge in [-0.15, -0.1) is 12.4 Å². The van der Waals surface area contributed by atoms with E-state index in [1.165, 1.54) is 12.1 Å². The Hall–Kier alpha value is -1.82. The fourth-order valence-electron chi connectivity index (χ4n) is 2.33. The summed E-state index contributed by atoms with van der Waals surface area (Å²) in [7, 11) is 3.32. The Bertz CT molecular complexity index is 623. The largest absolute Gasteiger partial charge is 0.493 e. The van der Waals surface area contributed by atoms with Gasteiger partial charge in [-0.2, -0.15) is 0 Å². The molecule has 4 nitrogen and oxygen atoms in total. The summed E-state index contributed by atoms with van der Waals surface area (Å²) in [5.74, 6) is 1.15. The highest BCUT2D eigenvalue weighted by atomic mass is 35.5. The zero-order chi connectivity index (χ0) is 17.2. The number of hydrogen-bond donors (Lipinski definition) is 1. The first kappa shape index (κ1) is 21.2. The minimum Gasteiger partial charge on any atom is -0.493 e. The summed E-state index contributed by atoms with van der Waals surface area (Å²) in [4.78, 5) is 0. The summed E-state index contributed by atoms with van der Waals surface area (Å²) in [5.41, 5.74) is 1.93. The van der Waals surface area contributed by atoms with Crippen molar-refractivity contribution >= 4 is 12.4 Å². The predicted molar refractivity (Wildman–Crippen MR) is 99.2 cm³/mol. The second-order valence-corrected chi connectivity index (χ2v) is 5.39. The van der Waals surface area contributed by atoms with Gasteiger partial charge in [0, 0.05) is 25.8 Å². The number of ether oxygens (including phenoxy) is 3. The van der Waals surface area contributed by atoms with Gasteiger partial charge in [-0.25, -0.2) is 4.39 Å². The van der Waals surface area contributed by atoms with E-state index in [4.69, 9.17) is 14.2 Å². The Morgan fingerprint density at radius 3 is 2.48 bits per heavy atom. The predicted octanol–water partition coefficient (Wildman–Crippen LogP) is 3.96. The molecule has 1 N–H and O–H groups in total. The molecule has 0 aromatic heterocycles. The maximum Gasteiger partial charge on any atom is 0.166 e. The van der Waals surface area contributed by atoms with Crippen LogP contribution in [0.5, 0.6) is 11.5 Å². The van der Waals surface area contributed by atoms with Crippen LogP contribution < -0.4 is 14.8 Å². The fraction of sp³-hybridized carbons (Fsp3) is 0.368. The van der Waals surface area contributed by atoms with Crippen molar-refractivity contribution in [3.05, 3.63) is 59.4 Å². The van der Waals surface area contributed by atoms with Gasteiger partial charge >= 0.3 is 0 Å². The third-order valence-electron chi connectivity index (χ3n) is 3.59. The molecule has 0 bridgehead atoms. The van der Waals surface area contributed by atoms with Gasteiger partial charge in [-0.3, -0.25) is 0 Å². The molecule has 0 saturated heterocycles. The molecule has 6 heteroatoms. The van der Waals surface area contributed by atoms with E-state index in [1.807, 2.05) is 18.2 Å². The highest BCUT2D eigenvalue weighted by Gasteiger charge is 2.10. The molecule has 0 atom stereocenters.